The molecule has 34 heavy (non-hydrogen) atoms. The van der Waals surface area contributed by atoms with Crippen LogP contribution >= 0.6 is 0 Å². The Bertz CT molecular complexity index is 1200. The summed E-state index contributed by atoms with van der Waals surface area (Å²) in [6.07, 6.45) is -4.15. The summed E-state index contributed by atoms with van der Waals surface area (Å²) in [6.45, 7) is 1.73. The Kier molecular flexibility index (Phi) is 6.18. The maximum absolute atomic E-state index is 14.6. The zero-order valence-electron chi connectivity index (χ0n) is 17.9. The SMILES string of the molecule is C[C@@H](O)c1ccc(C(=O)NC2(c3ccc(OC(F)(F)F)c(F)c3)CCOc3cccnc32)cc1. The number of rotatable bonds is 5. The van der Waals surface area contributed by atoms with Crippen LogP contribution in [0, 0.1) is 5.82 Å². The van der Waals surface area contributed by atoms with Crippen molar-refractivity contribution in [1.29, 1.82) is 0 Å². The molecule has 4 rings (SSSR count). The average Bonchev–Trinajstić information content (AvgIpc) is 2.79. The lowest BCUT2D eigenvalue weighted by atomic mass is 9.81. The molecule has 1 aliphatic rings. The number of nitrogens with zero attached hydrogens (tertiary/aromatic N) is 1. The molecule has 1 aliphatic heterocycles. The van der Waals surface area contributed by atoms with Gasteiger partial charge in [-0.15, -0.1) is 13.2 Å². The van der Waals surface area contributed by atoms with Crippen LogP contribution in [0.5, 0.6) is 11.5 Å². The van der Waals surface area contributed by atoms with Crippen LogP contribution in [0.15, 0.2) is 60.8 Å². The third-order valence-electron chi connectivity index (χ3n) is 5.54. The summed E-state index contributed by atoms with van der Waals surface area (Å²) in [5, 5.41) is 12.6. The van der Waals surface area contributed by atoms with Gasteiger partial charge in [-0.25, -0.2) is 4.39 Å². The molecule has 1 unspecified atom stereocenters. The van der Waals surface area contributed by atoms with Crippen LogP contribution in [0.1, 0.15) is 46.6 Å². The van der Waals surface area contributed by atoms with Crippen molar-refractivity contribution in [3.63, 3.8) is 0 Å². The van der Waals surface area contributed by atoms with Gasteiger partial charge < -0.3 is 19.9 Å². The smallest absolute Gasteiger partial charge is 0.491 e. The van der Waals surface area contributed by atoms with Gasteiger partial charge in [0.2, 0.25) is 0 Å². The largest absolute Gasteiger partial charge is 0.573 e. The van der Waals surface area contributed by atoms with E-state index in [-0.39, 0.29) is 24.2 Å². The second kappa shape index (κ2) is 8.94. The number of ether oxygens (including phenoxy) is 2. The molecule has 0 radical (unpaired) electrons. The molecule has 3 aromatic rings. The number of carbonyl (C=O) groups excluding carboxylic acids is 1. The van der Waals surface area contributed by atoms with Crippen LogP contribution < -0.4 is 14.8 Å². The second-order valence-electron chi connectivity index (χ2n) is 7.80. The number of halogens is 4. The number of fused-ring (bicyclic) bond motifs is 1. The predicted octanol–water partition coefficient (Wildman–Crippen LogP) is 4.63. The molecule has 1 amide bonds. The lowest BCUT2D eigenvalue weighted by Gasteiger charge is -2.39. The Labute approximate surface area is 192 Å². The molecule has 0 saturated heterocycles. The van der Waals surface area contributed by atoms with Crippen LogP contribution in [0.4, 0.5) is 17.6 Å². The highest BCUT2D eigenvalue weighted by atomic mass is 19.4. The number of alkyl halides is 3. The number of amides is 1. The molecular weight excluding hydrogens is 456 g/mol. The number of aliphatic hydroxyl groups is 1. The Morgan fingerprint density at radius 1 is 1.21 bits per heavy atom. The lowest BCUT2D eigenvalue weighted by molar-refractivity contribution is -0.275. The molecule has 6 nitrogen and oxygen atoms in total. The minimum Gasteiger partial charge on any atom is -0.491 e. The first-order valence-corrected chi connectivity index (χ1v) is 10.3. The summed E-state index contributed by atoms with van der Waals surface area (Å²) < 4.78 is 61.8. The topological polar surface area (TPSA) is 80.7 Å². The third kappa shape index (κ3) is 4.67. The van der Waals surface area contributed by atoms with E-state index in [1.165, 1.54) is 24.4 Å². The van der Waals surface area contributed by atoms with Crippen LogP contribution in [-0.4, -0.2) is 29.0 Å². The van der Waals surface area contributed by atoms with Crippen molar-refractivity contribution in [1.82, 2.24) is 10.3 Å². The monoisotopic (exact) mass is 476 g/mol. The summed E-state index contributed by atoms with van der Waals surface area (Å²) in [6, 6.07) is 12.5. The lowest BCUT2D eigenvalue weighted by Crippen LogP contribution is -2.50. The van der Waals surface area contributed by atoms with Crippen molar-refractivity contribution < 1.29 is 36.9 Å². The van der Waals surface area contributed by atoms with Crippen molar-refractivity contribution in [3.8, 4) is 11.5 Å². The number of hydrogen-bond donors (Lipinski definition) is 2. The maximum atomic E-state index is 14.6. The standard InChI is InChI=1S/C24H20F4N2O4/c1-14(31)15-4-6-16(7-5-15)22(32)30-23(10-12-33-20-3-2-11-29-21(20)23)17-8-9-19(18(25)13-17)34-24(26,27)28/h2-9,11,13-14,31H,10,12H2,1H3,(H,30,32)/t14-,23?/m1/s1. The fourth-order valence-electron chi connectivity index (χ4n) is 3.89. The summed E-state index contributed by atoms with van der Waals surface area (Å²) in [4.78, 5) is 17.6. The number of pyridine rings is 1. The first-order chi connectivity index (χ1) is 16.1. The van der Waals surface area contributed by atoms with Crippen molar-refractivity contribution in [2.24, 2.45) is 0 Å². The highest BCUT2D eigenvalue weighted by molar-refractivity contribution is 5.95. The van der Waals surface area contributed by atoms with E-state index in [2.05, 4.69) is 15.0 Å². The van der Waals surface area contributed by atoms with E-state index in [0.717, 1.165) is 12.1 Å². The molecule has 0 spiro atoms. The first-order valence-electron chi connectivity index (χ1n) is 10.3. The van der Waals surface area contributed by atoms with Crippen molar-refractivity contribution >= 4 is 5.91 Å². The van der Waals surface area contributed by atoms with E-state index in [1.54, 1.807) is 31.2 Å². The van der Waals surface area contributed by atoms with Gasteiger partial charge in [-0.2, -0.15) is 0 Å². The van der Waals surface area contributed by atoms with E-state index >= 15 is 0 Å². The summed E-state index contributed by atoms with van der Waals surface area (Å²) >= 11 is 0. The van der Waals surface area contributed by atoms with E-state index < -0.39 is 35.5 Å². The van der Waals surface area contributed by atoms with Crippen molar-refractivity contribution in [2.75, 3.05) is 6.61 Å². The Hall–Kier alpha value is -3.66. The number of nitrogens with one attached hydrogen (secondary N) is 1. The van der Waals surface area contributed by atoms with E-state index in [1.807, 2.05) is 0 Å². The van der Waals surface area contributed by atoms with Crippen LogP contribution in [0.2, 0.25) is 0 Å². The van der Waals surface area contributed by atoms with Crippen LogP contribution in [0.25, 0.3) is 0 Å². The molecule has 0 fully saturated rings. The molecule has 0 saturated carbocycles. The van der Waals surface area contributed by atoms with E-state index in [4.69, 9.17) is 4.74 Å². The van der Waals surface area contributed by atoms with E-state index in [9.17, 15) is 27.5 Å². The Morgan fingerprint density at radius 3 is 2.59 bits per heavy atom. The van der Waals surface area contributed by atoms with Gasteiger partial charge in [0.1, 0.15) is 17.0 Å². The maximum Gasteiger partial charge on any atom is 0.573 e. The second-order valence-corrected chi connectivity index (χ2v) is 7.80. The molecule has 0 aliphatic carbocycles. The molecule has 2 aromatic carbocycles. The zero-order valence-corrected chi connectivity index (χ0v) is 17.9. The van der Waals surface area contributed by atoms with Crippen molar-refractivity contribution in [2.45, 2.75) is 31.3 Å². The van der Waals surface area contributed by atoms with Gasteiger partial charge in [0.15, 0.2) is 11.6 Å². The molecule has 10 heteroatoms. The van der Waals surface area contributed by atoms with Gasteiger partial charge in [0.25, 0.3) is 5.91 Å². The molecular formula is C24H20F4N2O4. The van der Waals surface area contributed by atoms with Crippen LogP contribution in [0.3, 0.4) is 0 Å². The highest BCUT2D eigenvalue weighted by Crippen LogP contribution is 2.42. The van der Waals surface area contributed by atoms with Gasteiger partial charge in [0.05, 0.1) is 12.7 Å². The van der Waals surface area contributed by atoms with Gasteiger partial charge in [-0.1, -0.05) is 18.2 Å². The number of benzene rings is 2. The van der Waals surface area contributed by atoms with Crippen molar-refractivity contribution in [3.05, 3.63) is 89.0 Å². The molecule has 2 heterocycles. The van der Waals surface area contributed by atoms with Gasteiger partial charge >= 0.3 is 6.36 Å². The normalized spacial score (nSPS) is 18.4. The summed E-state index contributed by atoms with van der Waals surface area (Å²) in [5.74, 6) is -2.39. The molecule has 2 atom stereocenters. The Morgan fingerprint density at radius 2 is 1.94 bits per heavy atom. The summed E-state index contributed by atoms with van der Waals surface area (Å²) in [7, 11) is 0. The number of carbonyl (C=O) groups is 1. The van der Waals surface area contributed by atoms with E-state index in [0.29, 0.717) is 17.0 Å². The zero-order chi connectivity index (χ0) is 24.5. The molecule has 0 bridgehead atoms. The predicted molar refractivity (Wildman–Crippen MR) is 113 cm³/mol. The van der Waals surface area contributed by atoms with Gasteiger partial charge in [-0.3, -0.25) is 9.78 Å². The fraction of sp³-hybridized carbons (Fsp3) is 0.250. The van der Waals surface area contributed by atoms with Crippen LogP contribution in [-0.2, 0) is 5.54 Å². The summed E-state index contributed by atoms with van der Waals surface area (Å²) in [5.41, 5.74) is -0.0281. The Balaban J connectivity index is 1.77. The highest BCUT2D eigenvalue weighted by Gasteiger charge is 2.43. The number of aliphatic hydroxyl groups excluding tert-OH is 1. The fourth-order valence-corrected chi connectivity index (χ4v) is 3.89. The minimum absolute atomic E-state index is 0.141. The van der Waals surface area contributed by atoms with Gasteiger partial charge in [0, 0.05) is 18.2 Å². The molecule has 1 aromatic heterocycles. The molecule has 178 valence electrons. The first kappa shape index (κ1) is 23.5. The average molecular weight is 476 g/mol. The number of hydrogen-bond acceptors (Lipinski definition) is 5. The minimum atomic E-state index is -5.06. The number of aromatic nitrogens is 1. The molecule has 2 N–H and O–H groups in total. The third-order valence-corrected chi connectivity index (χ3v) is 5.54. The van der Waals surface area contributed by atoms with Gasteiger partial charge in [-0.05, 0) is 54.4 Å². The quantitative estimate of drug-likeness (QED) is 0.525.